The van der Waals surface area contributed by atoms with E-state index in [0.29, 0.717) is 23.6 Å². The zero-order valence-corrected chi connectivity index (χ0v) is 17.1. The summed E-state index contributed by atoms with van der Waals surface area (Å²) in [5, 5.41) is 2.75. The molecule has 2 aromatic carbocycles. The summed E-state index contributed by atoms with van der Waals surface area (Å²) >= 11 is 0. The molecule has 1 unspecified atom stereocenters. The largest absolute Gasteiger partial charge is 0.497 e. The quantitative estimate of drug-likeness (QED) is 0.819. The SMILES string of the molecule is COc1ccc(C2CCCCCN2C(=O)CNC(=O)c2ccc3c(c2)OCO3)cc1. The normalized spacial score (nSPS) is 17.9. The number of rotatable bonds is 5. The number of hydrogen-bond acceptors (Lipinski definition) is 5. The van der Waals surface area contributed by atoms with Crippen molar-refractivity contribution in [2.45, 2.75) is 31.7 Å². The molecule has 30 heavy (non-hydrogen) atoms. The highest BCUT2D eigenvalue weighted by atomic mass is 16.7. The van der Waals surface area contributed by atoms with E-state index < -0.39 is 0 Å². The minimum atomic E-state index is -0.308. The van der Waals surface area contributed by atoms with Crippen LogP contribution in [-0.2, 0) is 4.79 Å². The topological polar surface area (TPSA) is 77.1 Å². The Morgan fingerprint density at radius 1 is 1.07 bits per heavy atom. The van der Waals surface area contributed by atoms with Gasteiger partial charge in [0.1, 0.15) is 5.75 Å². The van der Waals surface area contributed by atoms with Crippen molar-refractivity contribution in [1.29, 1.82) is 0 Å². The van der Waals surface area contributed by atoms with Crippen molar-refractivity contribution in [1.82, 2.24) is 10.2 Å². The summed E-state index contributed by atoms with van der Waals surface area (Å²) < 4.78 is 15.8. The molecule has 0 saturated carbocycles. The molecule has 7 nitrogen and oxygen atoms in total. The maximum atomic E-state index is 13.0. The van der Waals surface area contributed by atoms with E-state index in [1.165, 1.54) is 0 Å². The number of ether oxygens (including phenoxy) is 3. The number of benzene rings is 2. The summed E-state index contributed by atoms with van der Waals surface area (Å²) in [6.45, 7) is 0.802. The van der Waals surface area contributed by atoms with Crippen molar-refractivity contribution < 1.29 is 23.8 Å². The maximum Gasteiger partial charge on any atom is 0.251 e. The van der Waals surface area contributed by atoms with Crippen LogP contribution in [0.2, 0.25) is 0 Å². The summed E-state index contributed by atoms with van der Waals surface area (Å²) in [7, 11) is 1.64. The average Bonchev–Trinajstić information content (AvgIpc) is 3.12. The smallest absolute Gasteiger partial charge is 0.251 e. The van der Waals surface area contributed by atoms with Crippen LogP contribution in [-0.4, -0.2) is 43.7 Å². The Kier molecular flexibility index (Phi) is 6.07. The molecule has 2 aromatic rings. The lowest BCUT2D eigenvalue weighted by Gasteiger charge is -2.30. The number of hydrogen-bond donors (Lipinski definition) is 1. The molecule has 4 rings (SSSR count). The molecule has 1 atom stereocenters. The molecule has 2 aliphatic heterocycles. The van der Waals surface area contributed by atoms with Gasteiger partial charge in [0, 0.05) is 12.1 Å². The van der Waals surface area contributed by atoms with Gasteiger partial charge >= 0.3 is 0 Å². The van der Waals surface area contributed by atoms with Gasteiger partial charge < -0.3 is 24.4 Å². The molecular weight excluding hydrogens is 384 g/mol. The van der Waals surface area contributed by atoms with E-state index in [1.54, 1.807) is 25.3 Å². The Bertz CT molecular complexity index is 912. The lowest BCUT2D eigenvalue weighted by Crippen LogP contribution is -2.42. The fourth-order valence-corrected chi connectivity index (χ4v) is 3.98. The van der Waals surface area contributed by atoms with Crippen molar-refractivity contribution in [3.05, 3.63) is 53.6 Å². The van der Waals surface area contributed by atoms with Crippen LogP contribution in [0.4, 0.5) is 0 Å². The Morgan fingerprint density at radius 2 is 1.87 bits per heavy atom. The zero-order chi connectivity index (χ0) is 20.9. The lowest BCUT2D eigenvalue weighted by atomic mass is 10.0. The maximum absolute atomic E-state index is 13.0. The van der Waals surface area contributed by atoms with Gasteiger partial charge in [0.05, 0.1) is 19.7 Å². The van der Waals surface area contributed by atoms with Crippen LogP contribution in [0.25, 0.3) is 0 Å². The number of methoxy groups -OCH3 is 1. The standard InChI is InChI=1S/C23H26N2O5/c1-28-18-9-6-16(7-10-18)19-5-3-2-4-12-25(19)22(26)14-24-23(27)17-8-11-20-21(13-17)30-15-29-20/h6-11,13,19H,2-5,12,14-15H2,1H3,(H,24,27). The first-order chi connectivity index (χ1) is 14.7. The van der Waals surface area contributed by atoms with Gasteiger partial charge in [-0.25, -0.2) is 0 Å². The first-order valence-electron chi connectivity index (χ1n) is 10.3. The van der Waals surface area contributed by atoms with Crippen molar-refractivity contribution in [2.75, 3.05) is 27.0 Å². The fourth-order valence-electron chi connectivity index (χ4n) is 3.98. The first kappa shape index (κ1) is 20.1. The molecule has 158 valence electrons. The molecule has 2 amide bonds. The molecule has 1 fully saturated rings. The van der Waals surface area contributed by atoms with Crippen LogP contribution < -0.4 is 19.5 Å². The van der Waals surface area contributed by atoms with Gasteiger partial charge in [-0.15, -0.1) is 0 Å². The van der Waals surface area contributed by atoms with Crippen LogP contribution in [0.1, 0.15) is 47.6 Å². The second kappa shape index (κ2) is 9.07. The van der Waals surface area contributed by atoms with Crippen molar-refractivity contribution in [3.63, 3.8) is 0 Å². The second-order valence-electron chi connectivity index (χ2n) is 7.48. The third-order valence-electron chi connectivity index (χ3n) is 5.61. The summed E-state index contributed by atoms with van der Waals surface area (Å²) in [6, 6.07) is 12.9. The minimum Gasteiger partial charge on any atom is -0.497 e. The Balaban J connectivity index is 1.42. The number of amides is 2. The molecule has 0 radical (unpaired) electrons. The van der Waals surface area contributed by atoms with E-state index in [-0.39, 0.29) is 31.2 Å². The van der Waals surface area contributed by atoms with Gasteiger partial charge in [0.15, 0.2) is 11.5 Å². The number of likely N-dealkylation sites (tertiary alicyclic amines) is 1. The summed E-state index contributed by atoms with van der Waals surface area (Å²) in [5.41, 5.74) is 1.53. The molecule has 1 N–H and O–H groups in total. The zero-order valence-electron chi connectivity index (χ0n) is 17.1. The molecule has 0 aliphatic carbocycles. The van der Waals surface area contributed by atoms with Gasteiger partial charge in [-0.05, 0) is 48.7 Å². The predicted octanol–water partition coefficient (Wildman–Crippen LogP) is 3.30. The van der Waals surface area contributed by atoms with Crippen LogP contribution >= 0.6 is 0 Å². The highest BCUT2D eigenvalue weighted by Crippen LogP contribution is 2.33. The van der Waals surface area contributed by atoms with Crippen molar-refractivity contribution in [3.8, 4) is 17.2 Å². The van der Waals surface area contributed by atoms with Crippen molar-refractivity contribution >= 4 is 11.8 Å². The average molecular weight is 410 g/mol. The van der Waals surface area contributed by atoms with E-state index in [4.69, 9.17) is 14.2 Å². The van der Waals surface area contributed by atoms with Gasteiger partial charge in [-0.3, -0.25) is 9.59 Å². The third-order valence-corrected chi connectivity index (χ3v) is 5.61. The molecule has 2 aliphatic rings. The molecule has 0 spiro atoms. The summed E-state index contributed by atoms with van der Waals surface area (Å²) in [4.78, 5) is 27.4. The van der Waals surface area contributed by atoms with E-state index in [9.17, 15) is 9.59 Å². The number of fused-ring (bicyclic) bond motifs is 1. The molecule has 1 saturated heterocycles. The first-order valence-corrected chi connectivity index (χ1v) is 10.3. The minimum absolute atomic E-state index is 0.00773. The Morgan fingerprint density at radius 3 is 2.67 bits per heavy atom. The van der Waals surface area contributed by atoms with Crippen LogP contribution in [0.5, 0.6) is 17.2 Å². The van der Waals surface area contributed by atoms with Gasteiger partial charge in [0.2, 0.25) is 12.7 Å². The van der Waals surface area contributed by atoms with Crippen LogP contribution in [0, 0.1) is 0 Å². The number of carbonyl (C=O) groups excluding carboxylic acids is 2. The highest BCUT2D eigenvalue weighted by Gasteiger charge is 2.27. The van der Waals surface area contributed by atoms with E-state index in [1.807, 2.05) is 29.2 Å². The summed E-state index contributed by atoms with van der Waals surface area (Å²) in [5.74, 6) is 1.57. The second-order valence-corrected chi connectivity index (χ2v) is 7.48. The van der Waals surface area contributed by atoms with E-state index >= 15 is 0 Å². The molecular formula is C23H26N2O5. The Hall–Kier alpha value is -3.22. The molecule has 7 heteroatoms. The van der Waals surface area contributed by atoms with Crippen LogP contribution in [0.3, 0.4) is 0 Å². The Labute approximate surface area is 175 Å². The predicted molar refractivity (Wildman–Crippen MR) is 111 cm³/mol. The fraction of sp³-hybridized carbons (Fsp3) is 0.391. The number of carbonyl (C=O) groups is 2. The highest BCUT2D eigenvalue weighted by molar-refractivity contribution is 5.97. The molecule has 0 aromatic heterocycles. The van der Waals surface area contributed by atoms with Gasteiger partial charge in [-0.2, -0.15) is 0 Å². The number of nitrogens with one attached hydrogen (secondary N) is 1. The third kappa shape index (κ3) is 4.35. The monoisotopic (exact) mass is 410 g/mol. The van der Waals surface area contributed by atoms with E-state index in [2.05, 4.69) is 5.32 Å². The lowest BCUT2D eigenvalue weighted by molar-refractivity contribution is -0.132. The number of nitrogens with zero attached hydrogens (tertiary/aromatic N) is 1. The van der Waals surface area contributed by atoms with E-state index in [0.717, 1.165) is 37.0 Å². The van der Waals surface area contributed by atoms with Crippen molar-refractivity contribution in [2.24, 2.45) is 0 Å². The van der Waals surface area contributed by atoms with Gasteiger partial charge in [0.25, 0.3) is 5.91 Å². The van der Waals surface area contributed by atoms with Gasteiger partial charge in [-0.1, -0.05) is 25.0 Å². The van der Waals surface area contributed by atoms with Crippen LogP contribution in [0.15, 0.2) is 42.5 Å². The summed E-state index contributed by atoms with van der Waals surface area (Å²) in [6.07, 6.45) is 4.05. The molecule has 2 heterocycles. The molecule has 0 bridgehead atoms.